The summed E-state index contributed by atoms with van der Waals surface area (Å²) in [7, 11) is 0. The van der Waals surface area contributed by atoms with Gasteiger partial charge in [-0.1, -0.05) is 12.1 Å². The molecule has 4 heteroatoms. The lowest BCUT2D eigenvalue weighted by Crippen LogP contribution is -2.36. The molecule has 0 amide bonds. The predicted molar refractivity (Wildman–Crippen MR) is 70.1 cm³/mol. The van der Waals surface area contributed by atoms with Crippen LogP contribution >= 0.6 is 11.6 Å². The summed E-state index contributed by atoms with van der Waals surface area (Å²) in [6.45, 7) is 2.80. The Morgan fingerprint density at radius 1 is 1.28 bits per heavy atom. The summed E-state index contributed by atoms with van der Waals surface area (Å²) >= 11 is 5.50. The van der Waals surface area contributed by atoms with Gasteiger partial charge in [-0.3, -0.25) is 4.79 Å². The fourth-order valence-corrected chi connectivity index (χ4v) is 2.54. The number of hydrogen-bond donors (Lipinski definition) is 0. The number of benzene rings is 1. The van der Waals surface area contributed by atoms with E-state index in [1.54, 1.807) is 0 Å². The van der Waals surface area contributed by atoms with Crippen LogP contribution in [0.15, 0.2) is 24.3 Å². The number of nitrogens with zero attached hydrogens (tertiary/aromatic N) is 1. The lowest BCUT2D eigenvalue weighted by molar-refractivity contribution is -0.116. The van der Waals surface area contributed by atoms with Crippen molar-refractivity contribution in [3.63, 3.8) is 0 Å². The third kappa shape index (κ3) is 3.79. The van der Waals surface area contributed by atoms with Crippen molar-refractivity contribution in [1.29, 1.82) is 0 Å². The van der Waals surface area contributed by atoms with Crippen molar-refractivity contribution in [2.45, 2.75) is 19.3 Å². The van der Waals surface area contributed by atoms with Crippen LogP contribution in [-0.2, 0) is 11.2 Å². The highest BCUT2D eigenvalue weighted by Crippen LogP contribution is 2.19. The molecule has 0 radical (unpaired) electrons. The summed E-state index contributed by atoms with van der Waals surface area (Å²) in [5.41, 5.74) is 1.15. The minimum absolute atomic E-state index is 0.0359. The van der Waals surface area contributed by atoms with Crippen molar-refractivity contribution >= 4 is 16.8 Å². The Kier molecular flexibility index (Phi) is 4.72. The Morgan fingerprint density at radius 3 is 2.44 bits per heavy atom. The van der Waals surface area contributed by atoms with E-state index in [0.717, 1.165) is 44.5 Å². The van der Waals surface area contributed by atoms with Crippen LogP contribution in [-0.4, -0.2) is 29.8 Å². The van der Waals surface area contributed by atoms with Gasteiger partial charge < -0.3 is 4.90 Å². The topological polar surface area (TPSA) is 20.3 Å². The average Bonchev–Trinajstić information content (AvgIpc) is 2.38. The van der Waals surface area contributed by atoms with Gasteiger partial charge in [0.15, 0.2) is 0 Å². The minimum Gasteiger partial charge on any atom is -0.303 e. The van der Waals surface area contributed by atoms with Gasteiger partial charge >= 0.3 is 0 Å². The normalized spacial score (nSPS) is 17.9. The van der Waals surface area contributed by atoms with Crippen LogP contribution in [0.5, 0.6) is 0 Å². The van der Waals surface area contributed by atoms with E-state index >= 15 is 0 Å². The summed E-state index contributed by atoms with van der Waals surface area (Å²) in [6, 6.07) is 6.64. The smallest absolute Gasteiger partial charge is 0.224 e. The molecule has 1 aromatic carbocycles. The van der Waals surface area contributed by atoms with E-state index in [1.807, 2.05) is 12.1 Å². The van der Waals surface area contributed by atoms with Crippen LogP contribution in [0.25, 0.3) is 0 Å². The molecule has 2 nitrogen and oxygen atoms in total. The van der Waals surface area contributed by atoms with Gasteiger partial charge in [0, 0.05) is 12.5 Å². The Bertz CT molecular complexity index is 399. The highest BCUT2D eigenvalue weighted by molar-refractivity contribution is 6.63. The molecular weight excluding hydrogens is 253 g/mol. The molecule has 0 atom stereocenters. The number of piperidine rings is 1. The first-order chi connectivity index (χ1) is 8.65. The van der Waals surface area contributed by atoms with Gasteiger partial charge in [0.05, 0.1) is 0 Å². The van der Waals surface area contributed by atoms with Crippen LogP contribution in [0.2, 0.25) is 0 Å². The molecule has 0 unspecified atom stereocenters. The van der Waals surface area contributed by atoms with E-state index in [-0.39, 0.29) is 17.0 Å². The molecular formula is C14H17ClFNO. The van der Waals surface area contributed by atoms with E-state index < -0.39 is 0 Å². The first-order valence-electron chi connectivity index (χ1n) is 6.31. The van der Waals surface area contributed by atoms with Crippen LogP contribution in [0.1, 0.15) is 18.4 Å². The van der Waals surface area contributed by atoms with Gasteiger partial charge in [-0.25, -0.2) is 4.39 Å². The second kappa shape index (κ2) is 6.30. The molecule has 98 valence electrons. The Balaban J connectivity index is 1.75. The van der Waals surface area contributed by atoms with Gasteiger partial charge in [-0.2, -0.15) is 0 Å². The predicted octanol–water partition coefficient (Wildman–Crippen LogP) is 2.85. The zero-order chi connectivity index (χ0) is 13.0. The maximum Gasteiger partial charge on any atom is 0.224 e. The largest absolute Gasteiger partial charge is 0.303 e. The van der Waals surface area contributed by atoms with Crippen LogP contribution in [0.4, 0.5) is 4.39 Å². The number of likely N-dealkylation sites (tertiary alicyclic amines) is 1. The second-order valence-electron chi connectivity index (χ2n) is 4.80. The average molecular weight is 270 g/mol. The van der Waals surface area contributed by atoms with Crippen LogP contribution in [0.3, 0.4) is 0 Å². The molecule has 0 aromatic heterocycles. The van der Waals surface area contributed by atoms with E-state index in [4.69, 9.17) is 11.6 Å². The summed E-state index contributed by atoms with van der Waals surface area (Å²) in [5.74, 6) is -0.158. The molecule has 1 saturated heterocycles. The molecule has 0 bridgehead atoms. The zero-order valence-corrected chi connectivity index (χ0v) is 11.0. The maximum atomic E-state index is 12.7. The number of halogens is 2. The summed E-state index contributed by atoms with van der Waals surface area (Å²) < 4.78 is 12.7. The maximum absolute atomic E-state index is 12.7. The highest BCUT2D eigenvalue weighted by atomic mass is 35.5. The molecule has 1 fully saturated rings. The third-order valence-corrected chi connectivity index (χ3v) is 3.85. The molecule has 1 heterocycles. The lowest BCUT2D eigenvalue weighted by Gasteiger charge is -2.30. The highest BCUT2D eigenvalue weighted by Gasteiger charge is 2.23. The summed E-state index contributed by atoms with van der Waals surface area (Å²) in [5, 5.41) is -0.201. The SMILES string of the molecule is O=C(Cl)C1CCN(CCc2ccc(F)cc2)CC1. The van der Waals surface area contributed by atoms with E-state index in [1.165, 1.54) is 12.1 Å². The lowest BCUT2D eigenvalue weighted by atomic mass is 9.98. The van der Waals surface area contributed by atoms with Gasteiger partial charge in [-0.05, 0) is 61.6 Å². The Labute approximate surface area is 112 Å². The fourth-order valence-electron chi connectivity index (χ4n) is 2.32. The number of carbonyl (C=O) groups is 1. The molecule has 0 saturated carbocycles. The van der Waals surface area contributed by atoms with Gasteiger partial charge in [-0.15, -0.1) is 0 Å². The second-order valence-corrected chi connectivity index (χ2v) is 5.17. The van der Waals surface area contributed by atoms with E-state index in [2.05, 4.69) is 4.90 Å². The number of rotatable bonds is 4. The van der Waals surface area contributed by atoms with Gasteiger partial charge in [0.25, 0.3) is 0 Å². The molecule has 0 spiro atoms. The molecule has 1 aromatic rings. The van der Waals surface area contributed by atoms with Crippen molar-refractivity contribution < 1.29 is 9.18 Å². The van der Waals surface area contributed by atoms with E-state index in [9.17, 15) is 9.18 Å². The fraction of sp³-hybridized carbons (Fsp3) is 0.500. The van der Waals surface area contributed by atoms with Crippen molar-refractivity contribution in [2.75, 3.05) is 19.6 Å². The Hall–Kier alpha value is -0.930. The molecule has 2 rings (SSSR count). The van der Waals surface area contributed by atoms with Gasteiger partial charge in [0.1, 0.15) is 5.82 Å². The summed E-state index contributed by atoms with van der Waals surface area (Å²) in [4.78, 5) is 13.4. The minimum atomic E-state index is -0.201. The monoisotopic (exact) mass is 269 g/mol. The first-order valence-corrected chi connectivity index (χ1v) is 6.69. The molecule has 0 aliphatic carbocycles. The summed E-state index contributed by atoms with van der Waals surface area (Å²) in [6.07, 6.45) is 2.62. The van der Waals surface area contributed by atoms with Crippen molar-refractivity contribution in [2.24, 2.45) is 5.92 Å². The van der Waals surface area contributed by atoms with Crippen molar-refractivity contribution in [3.8, 4) is 0 Å². The van der Waals surface area contributed by atoms with Gasteiger partial charge in [0.2, 0.25) is 5.24 Å². The number of carbonyl (C=O) groups excluding carboxylic acids is 1. The quantitative estimate of drug-likeness (QED) is 0.784. The van der Waals surface area contributed by atoms with Crippen LogP contribution in [0, 0.1) is 11.7 Å². The Morgan fingerprint density at radius 2 is 1.89 bits per heavy atom. The molecule has 1 aliphatic rings. The molecule has 1 aliphatic heterocycles. The number of hydrogen-bond acceptors (Lipinski definition) is 2. The van der Waals surface area contributed by atoms with E-state index in [0.29, 0.717) is 0 Å². The standard InChI is InChI=1S/C14H17ClFNO/c15-14(18)12-6-9-17(10-7-12)8-5-11-1-3-13(16)4-2-11/h1-4,12H,5-10H2. The molecule has 18 heavy (non-hydrogen) atoms. The zero-order valence-electron chi connectivity index (χ0n) is 10.2. The first kappa shape index (κ1) is 13.5. The third-order valence-electron chi connectivity index (χ3n) is 3.54. The van der Waals surface area contributed by atoms with Crippen molar-refractivity contribution in [1.82, 2.24) is 4.90 Å². The van der Waals surface area contributed by atoms with Crippen molar-refractivity contribution in [3.05, 3.63) is 35.6 Å². The molecule has 0 N–H and O–H groups in total. The van der Waals surface area contributed by atoms with Crippen LogP contribution < -0.4 is 0 Å².